The quantitative estimate of drug-likeness (QED) is 0.878. The normalized spacial score (nSPS) is 15.5. The zero-order valence-corrected chi connectivity index (χ0v) is 11.5. The fraction of sp³-hybridized carbons (Fsp3) is 0.300. The maximum absolute atomic E-state index is 13.2. The van der Waals surface area contributed by atoms with Crippen LogP contribution in [0.15, 0.2) is 21.5 Å². The number of amides is 1. The van der Waals surface area contributed by atoms with E-state index in [-0.39, 0.29) is 22.0 Å². The van der Waals surface area contributed by atoms with Crippen molar-refractivity contribution in [3.8, 4) is 0 Å². The number of halogens is 2. The summed E-state index contributed by atoms with van der Waals surface area (Å²) in [7, 11) is -4.11. The van der Waals surface area contributed by atoms with Gasteiger partial charge in [0.05, 0.1) is 5.69 Å². The molecule has 1 aliphatic rings. The smallest absolute Gasteiger partial charge is 0.240 e. The Morgan fingerprint density at radius 2 is 2.06 bits per heavy atom. The van der Waals surface area contributed by atoms with Crippen LogP contribution in [-0.4, -0.2) is 14.3 Å². The number of nitrogens with two attached hydrogens (primary N) is 1. The first-order chi connectivity index (χ1) is 8.29. The average Bonchev–Trinajstić information content (AvgIpc) is 3.03. The summed E-state index contributed by atoms with van der Waals surface area (Å²) in [6.45, 7) is 0. The van der Waals surface area contributed by atoms with E-state index in [9.17, 15) is 17.6 Å². The Bertz CT molecular complexity index is 614. The van der Waals surface area contributed by atoms with E-state index in [1.165, 1.54) is 0 Å². The van der Waals surface area contributed by atoms with Crippen LogP contribution in [-0.2, 0) is 14.8 Å². The van der Waals surface area contributed by atoms with E-state index in [1.54, 1.807) is 0 Å². The number of benzene rings is 1. The Morgan fingerprint density at radius 3 is 2.56 bits per heavy atom. The van der Waals surface area contributed by atoms with Crippen molar-refractivity contribution < 1.29 is 17.6 Å². The van der Waals surface area contributed by atoms with Crippen LogP contribution >= 0.6 is 15.9 Å². The predicted molar refractivity (Wildman–Crippen MR) is 66.8 cm³/mol. The highest BCUT2D eigenvalue weighted by Crippen LogP contribution is 2.34. The van der Waals surface area contributed by atoms with Crippen molar-refractivity contribution in [2.45, 2.75) is 17.7 Å². The topological polar surface area (TPSA) is 89.3 Å². The lowest BCUT2D eigenvalue weighted by Gasteiger charge is -2.11. The van der Waals surface area contributed by atoms with Crippen LogP contribution in [0.5, 0.6) is 0 Å². The van der Waals surface area contributed by atoms with Gasteiger partial charge in [0.2, 0.25) is 15.9 Å². The van der Waals surface area contributed by atoms with E-state index in [2.05, 4.69) is 21.2 Å². The molecule has 0 radical (unpaired) electrons. The summed E-state index contributed by atoms with van der Waals surface area (Å²) in [6, 6.07) is 1.85. The summed E-state index contributed by atoms with van der Waals surface area (Å²) in [6.07, 6.45) is 1.55. The summed E-state index contributed by atoms with van der Waals surface area (Å²) in [5, 5.41) is 7.46. The van der Waals surface area contributed by atoms with Crippen LogP contribution in [0, 0.1) is 11.7 Å². The van der Waals surface area contributed by atoms with Gasteiger partial charge >= 0.3 is 0 Å². The van der Waals surface area contributed by atoms with E-state index < -0.39 is 20.7 Å². The summed E-state index contributed by atoms with van der Waals surface area (Å²) in [4.78, 5) is 11.2. The van der Waals surface area contributed by atoms with Crippen LogP contribution < -0.4 is 10.5 Å². The van der Waals surface area contributed by atoms with Crippen molar-refractivity contribution in [2.75, 3.05) is 5.32 Å². The molecule has 0 saturated heterocycles. The molecule has 0 heterocycles. The fourth-order valence-corrected chi connectivity index (χ4v) is 2.85. The molecule has 1 fully saturated rings. The van der Waals surface area contributed by atoms with Gasteiger partial charge in [-0.05, 0) is 40.9 Å². The van der Waals surface area contributed by atoms with E-state index in [1.807, 2.05) is 0 Å². The summed E-state index contributed by atoms with van der Waals surface area (Å²) >= 11 is 3.01. The van der Waals surface area contributed by atoms with Gasteiger partial charge in [-0.15, -0.1) is 0 Å². The number of hydrogen-bond donors (Lipinski definition) is 2. The van der Waals surface area contributed by atoms with Gasteiger partial charge < -0.3 is 5.32 Å². The fourth-order valence-electron chi connectivity index (χ4n) is 1.47. The van der Waals surface area contributed by atoms with Crippen LogP contribution in [0.4, 0.5) is 10.1 Å². The molecule has 0 unspecified atom stereocenters. The van der Waals surface area contributed by atoms with Crippen molar-refractivity contribution in [3.05, 3.63) is 22.4 Å². The van der Waals surface area contributed by atoms with Crippen LogP contribution in [0.25, 0.3) is 0 Å². The highest BCUT2D eigenvalue weighted by atomic mass is 79.9. The third-order valence-electron chi connectivity index (χ3n) is 2.52. The number of carbonyl (C=O) groups excluding carboxylic acids is 1. The number of hydrogen-bond acceptors (Lipinski definition) is 3. The van der Waals surface area contributed by atoms with Crippen molar-refractivity contribution in [1.82, 2.24) is 0 Å². The molecular formula is C10H10BrFN2O3S. The minimum absolute atomic E-state index is 0.0178. The Balaban J connectivity index is 2.46. The summed E-state index contributed by atoms with van der Waals surface area (Å²) in [5.41, 5.74) is -0.0178. The number of sulfonamides is 1. The second-order valence-corrected chi connectivity index (χ2v) is 6.45. The minimum atomic E-state index is -4.11. The first kappa shape index (κ1) is 13.4. The molecule has 8 heteroatoms. The molecule has 1 aromatic rings. The average molecular weight is 337 g/mol. The van der Waals surface area contributed by atoms with Gasteiger partial charge in [0, 0.05) is 10.4 Å². The zero-order valence-electron chi connectivity index (χ0n) is 9.11. The SMILES string of the molecule is NS(=O)(=O)c1cc(F)cc(Br)c1NC(=O)C1CC1. The van der Waals surface area contributed by atoms with Gasteiger partial charge in [0.1, 0.15) is 10.7 Å². The second-order valence-electron chi connectivity index (χ2n) is 4.07. The summed E-state index contributed by atoms with van der Waals surface area (Å²) < 4.78 is 36.1. The van der Waals surface area contributed by atoms with Crippen LogP contribution in [0.2, 0.25) is 0 Å². The standard InChI is InChI=1S/C10H10BrFN2O3S/c11-7-3-6(12)4-8(18(13,16)17)9(7)14-10(15)5-1-2-5/h3-5H,1-2H2,(H,14,15)(H2,13,16,17). The number of rotatable bonds is 3. The number of primary sulfonamides is 1. The molecule has 2 rings (SSSR count). The molecule has 0 atom stereocenters. The van der Waals surface area contributed by atoms with Gasteiger partial charge in [0.15, 0.2) is 0 Å². The molecule has 1 aliphatic carbocycles. The molecule has 1 saturated carbocycles. The number of nitrogens with one attached hydrogen (secondary N) is 1. The lowest BCUT2D eigenvalue weighted by Crippen LogP contribution is -2.20. The molecule has 0 spiro atoms. The van der Waals surface area contributed by atoms with Crippen molar-refractivity contribution in [2.24, 2.45) is 11.1 Å². The molecular weight excluding hydrogens is 327 g/mol. The Morgan fingerprint density at radius 1 is 1.44 bits per heavy atom. The largest absolute Gasteiger partial charge is 0.324 e. The Labute approximate surface area is 112 Å². The lowest BCUT2D eigenvalue weighted by molar-refractivity contribution is -0.117. The van der Waals surface area contributed by atoms with E-state index in [0.717, 1.165) is 25.0 Å². The van der Waals surface area contributed by atoms with Crippen LogP contribution in [0.1, 0.15) is 12.8 Å². The van der Waals surface area contributed by atoms with E-state index in [4.69, 9.17) is 5.14 Å². The maximum atomic E-state index is 13.2. The van der Waals surface area contributed by atoms with Crippen molar-refractivity contribution >= 4 is 37.5 Å². The van der Waals surface area contributed by atoms with E-state index >= 15 is 0 Å². The second kappa shape index (κ2) is 4.60. The van der Waals surface area contributed by atoms with Gasteiger partial charge in [-0.3, -0.25) is 4.79 Å². The first-order valence-corrected chi connectivity index (χ1v) is 7.45. The maximum Gasteiger partial charge on any atom is 0.240 e. The molecule has 98 valence electrons. The first-order valence-electron chi connectivity index (χ1n) is 5.12. The molecule has 1 amide bonds. The molecule has 0 aliphatic heterocycles. The predicted octanol–water partition coefficient (Wildman–Crippen LogP) is 1.58. The molecule has 3 N–H and O–H groups in total. The molecule has 0 aromatic heterocycles. The van der Waals surface area contributed by atoms with Crippen molar-refractivity contribution in [3.63, 3.8) is 0 Å². The molecule has 0 bridgehead atoms. The van der Waals surface area contributed by atoms with Gasteiger partial charge in [-0.1, -0.05) is 0 Å². The van der Waals surface area contributed by atoms with Gasteiger partial charge in [-0.25, -0.2) is 17.9 Å². The number of anilines is 1. The summed E-state index contributed by atoms with van der Waals surface area (Å²) in [5.74, 6) is -1.14. The molecule has 1 aromatic carbocycles. The number of carbonyl (C=O) groups is 1. The van der Waals surface area contributed by atoms with Crippen molar-refractivity contribution in [1.29, 1.82) is 0 Å². The van der Waals surface area contributed by atoms with Crippen LogP contribution in [0.3, 0.4) is 0 Å². The minimum Gasteiger partial charge on any atom is -0.324 e. The monoisotopic (exact) mass is 336 g/mol. The highest BCUT2D eigenvalue weighted by Gasteiger charge is 2.31. The Kier molecular flexibility index (Phi) is 3.43. The lowest BCUT2D eigenvalue weighted by atomic mass is 10.3. The molecule has 18 heavy (non-hydrogen) atoms. The molecule has 5 nitrogen and oxygen atoms in total. The van der Waals surface area contributed by atoms with Gasteiger partial charge in [-0.2, -0.15) is 0 Å². The third-order valence-corrected chi connectivity index (χ3v) is 4.08. The van der Waals surface area contributed by atoms with Gasteiger partial charge in [0.25, 0.3) is 0 Å². The Hall–Kier alpha value is -0.990. The zero-order chi connectivity index (χ0) is 13.5. The third kappa shape index (κ3) is 2.88. The highest BCUT2D eigenvalue weighted by molar-refractivity contribution is 9.10. The van der Waals surface area contributed by atoms with E-state index in [0.29, 0.717) is 0 Å².